The lowest BCUT2D eigenvalue weighted by molar-refractivity contribution is 0.198. The van der Waals surface area contributed by atoms with E-state index >= 15 is 0 Å². The smallest absolute Gasteiger partial charge is 0.000830 e. The van der Waals surface area contributed by atoms with E-state index in [0.29, 0.717) is 5.41 Å². The van der Waals surface area contributed by atoms with Crippen LogP contribution in [0, 0.1) is 11.3 Å². The molecule has 2 rings (SSSR count). The van der Waals surface area contributed by atoms with Crippen LogP contribution in [-0.2, 0) is 0 Å². The molecule has 2 fully saturated rings. The normalized spacial score (nSPS) is 38.8. The molecule has 12 heavy (non-hydrogen) atoms. The standard InChI is InChI=1S/C10H19NS/c1-10(4-5-11-8-10)9-2-6-12-7-3-9/h9,11H,2-8H2,1H3. The fourth-order valence-corrected chi connectivity index (χ4v) is 3.69. The molecule has 1 N–H and O–H groups in total. The van der Waals surface area contributed by atoms with Gasteiger partial charge in [0.05, 0.1) is 0 Å². The van der Waals surface area contributed by atoms with Crippen molar-refractivity contribution in [2.45, 2.75) is 26.2 Å². The van der Waals surface area contributed by atoms with Gasteiger partial charge in [0.1, 0.15) is 0 Å². The number of rotatable bonds is 1. The Morgan fingerprint density at radius 3 is 2.67 bits per heavy atom. The molecule has 0 aliphatic carbocycles. The van der Waals surface area contributed by atoms with Crippen molar-refractivity contribution in [1.82, 2.24) is 5.32 Å². The molecule has 1 unspecified atom stereocenters. The third kappa shape index (κ3) is 1.64. The van der Waals surface area contributed by atoms with E-state index in [9.17, 15) is 0 Å². The first-order valence-corrected chi connectivity index (χ1v) is 6.25. The minimum Gasteiger partial charge on any atom is -0.316 e. The second kappa shape index (κ2) is 3.59. The number of thioether (sulfide) groups is 1. The maximum atomic E-state index is 3.50. The predicted molar refractivity (Wildman–Crippen MR) is 55.6 cm³/mol. The summed E-state index contributed by atoms with van der Waals surface area (Å²) in [6, 6.07) is 0. The van der Waals surface area contributed by atoms with E-state index < -0.39 is 0 Å². The molecule has 0 amide bonds. The van der Waals surface area contributed by atoms with E-state index in [0.717, 1.165) is 5.92 Å². The van der Waals surface area contributed by atoms with Crippen LogP contribution in [0.2, 0.25) is 0 Å². The Balaban J connectivity index is 1.96. The Kier molecular flexibility index (Phi) is 2.66. The van der Waals surface area contributed by atoms with Crippen LogP contribution in [0.3, 0.4) is 0 Å². The quantitative estimate of drug-likeness (QED) is 0.671. The van der Waals surface area contributed by atoms with Gasteiger partial charge in [-0.05, 0) is 48.6 Å². The Labute approximate surface area is 79.7 Å². The van der Waals surface area contributed by atoms with Crippen LogP contribution >= 0.6 is 11.8 Å². The Morgan fingerprint density at radius 1 is 1.33 bits per heavy atom. The molecule has 0 saturated carbocycles. The molecule has 2 aliphatic rings. The molecule has 1 nitrogen and oxygen atoms in total. The minimum atomic E-state index is 0.640. The minimum absolute atomic E-state index is 0.640. The van der Waals surface area contributed by atoms with E-state index in [1.54, 1.807) is 0 Å². The first-order valence-electron chi connectivity index (χ1n) is 5.10. The zero-order valence-electron chi connectivity index (χ0n) is 7.94. The lowest BCUT2D eigenvalue weighted by Crippen LogP contribution is -2.32. The molecular formula is C10H19NS. The lowest BCUT2D eigenvalue weighted by atomic mass is 9.73. The maximum Gasteiger partial charge on any atom is 0.000830 e. The topological polar surface area (TPSA) is 12.0 Å². The van der Waals surface area contributed by atoms with Crippen molar-refractivity contribution in [2.24, 2.45) is 11.3 Å². The molecule has 0 spiro atoms. The van der Waals surface area contributed by atoms with Crippen molar-refractivity contribution in [2.75, 3.05) is 24.6 Å². The van der Waals surface area contributed by atoms with Crippen molar-refractivity contribution in [3.8, 4) is 0 Å². The first-order chi connectivity index (χ1) is 5.81. The number of nitrogens with one attached hydrogen (secondary N) is 1. The second-order valence-electron chi connectivity index (χ2n) is 4.47. The van der Waals surface area contributed by atoms with Gasteiger partial charge in [0.15, 0.2) is 0 Å². The predicted octanol–water partition coefficient (Wildman–Crippen LogP) is 2.13. The third-order valence-corrected chi connectivity index (χ3v) is 4.66. The fraction of sp³-hybridized carbons (Fsp3) is 1.00. The van der Waals surface area contributed by atoms with Crippen molar-refractivity contribution in [3.63, 3.8) is 0 Å². The summed E-state index contributed by atoms with van der Waals surface area (Å²) < 4.78 is 0. The Morgan fingerprint density at radius 2 is 2.08 bits per heavy atom. The highest BCUT2D eigenvalue weighted by molar-refractivity contribution is 7.99. The summed E-state index contributed by atoms with van der Waals surface area (Å²) in [5.41, 5.74) is 0.640. The molecule has 1 atom stereocenters. The first kappa shape index (κ1) is 8.89. The fourth-order valence-electron chi connectivity index (χ4n) is 2.58. The van der Waals surface area contributed by atoms with Crippen LogP contribution in [0.15, 0.2) is 0 Å². The lowest BCUT2D eigenvalue weighted by Gasteiger charge is -2.36. The van der Waals surface area contributed by atoms with Gasteiger partial charge in [-0.25, -0.2) is 0 Å². The number of hydrogen-bond donors (Lipinski definition) is 1. The molecule has 2 heteroatoms. The Hall–Kier alpha value is 0.310. The molecule has 2 saturated heterocycles. The van der Waals surface area contributed by atoms with E-state index in [1.165, 1.54) is 43.9 Å². The average molecular weight is 185 g/mol. The van der Waals surface area contributed by atoms with Crippen LogP contribution in [-0.4, -0.2) is 24.6 Å². The SMILES string of the molecule is CC1(C2CCSCC2)CCNC1. The summed E-state index contributed by atoms with van der Waals surface area (Å²) in [6.07, 6.45) is 4.33. The van der Waals surface area contributed by atoms with Gasteiger partial charge in [0, 0.05) is 6.54 Å². The zero-order valence-corrected chi connectivity index (χ0v) is 8.75. The summed E-state index contributed by atoms with van der Waals surface area (Å²) >= 11 is 2.14. The van der Waals surface area contributed by atoms with Crippen LogP contribution in [0.25, 0.3) is 0 Å². The summed E-state index contributed by atoms with van der Waals surface area (Å²) in [5.74, 6) is 3.81. The third-order valence-electron chi connectivity index (χ3n) is 3.61. The van der Waals surface area contributed by atoms with Crippen molar-refractivity contribution < 1.29 is 0 Å². The van der Waals surface area contributed by atoms with E-state index in [1.807, 2.05) is 0 Å². The highest BCUT2D eigenvalue weighted by Gasteiger charge is 2.37. The molecule has 2 heterocycles. The second-order valence-corrected chi connectivity index (χ2v) is 5.69. The van der Waals surface area contributed by atoms with Crippen LogP contribution in [0.4, 0.5) is 0 Å². The largest absolute Gasteiger partial charge is 0.316 e. The molecular weight excluding hydrogens is 166 g/mol. The van der Waals surface area contributed by atoms with Crippen molar-refractivity contribution in [1.29, 1.82) is 0 Å². The van der Waals surface area contributed by atoms with Crippen molar-refractivity contribution >= 4 is 11.8 Å². The van der Waals surface area contributed by atoms with Gasteiger partial charge in [-0.2, -0.15) is 11.8 Å². The molecule has 2 aliphatic heterocycles. The summed E-state index contributed by atoms with van der Waals surface area (Å²) in [5, 5.41) is 3.50. The summed E-state index contributed by atoms with van der Waals surface area (Å²) in [6.45, 7) is 5.00. The highest BCUT2D eigenvalue weighted by atomic mass is 32.2. The van der Waals surface area contributed by atoms with E-state index in [-0.39, 0.29) is 0 Å². The van der Waals surface area contributed by atoms with E-state index in [2.05, 4.69) is 24.0 Å². The molecule has 0 aromatic rings. The molecule has 0 aromatic heterocycles. The van der Waals surface area contributed by atoms with Crippen LogP contribution < -0.4 is 5.32 Å². The van der Waals surface area contributed by atoms with Gasteiger partial charge < -0.3 is 5.32 Å². The van der Waals surface area contributed by atoms with Gasteiger partial charge in [-0.1, -0.05) is 6.92 Å². The van der Waals surface area contributed by atoms with Gasteiger partial charge in [0.2, 0.25) is 0 Å². The van der Waals surface area contributed by atoms with Gasteiger partial charge in [-0.15, -0.1) is 0 Å². The maximum absolute atomic E-state index is 3.50. The molecule has 0 radical (unpaired) electrons. The van der Waals surface area contributed by atoms with Crippen LogP contribution in [0.1, 0.15) is 26.2 Å². The molecule has 0 aromatic carbocycles. The Bertz CT molecular complexity index is 146. The monoisotopic (exact) mass is 185 g/mol. The molecule has 70 valence electrons. The highest BCUT2D eigenvalue weighted by Crippen LogP contribution is 2.41. The van der Waals surface area contributed by atoms with Gasteiger partial charge in [-0.3, -0.25) is 0 Å². The van der Waals surface area contributed by atoms with Crippen molar-refractivity contribution in [3.05, 3.63) is 0 Å². The zero-order chi connectivity index (χ0) is 8.44. The van der Waals surface area contributed by atoms with Gasteiger partial charge >= 0.3 is 0 Å². The summed E-state index contributed by atoms with van der Waals surface area (Å²) in [4.78, 5) is 0. The number of hydrogen-bond acceptors (Lipinski definition) is 2. The average Bonchev–Trinajstić information content (AvgIpc) is 2.55. The van der Waals surface area contributed by atoms with Gasteiger partial charge in [0.25, 0.3) is 0 Å². The van der Waals surface area contributed by atoms with Crippen LogP contribution in [0.5, 0.6) is 0 Å². The summed E-state index contributed by atoms with van der Waals surface area (Å²) in [7, 11) is 0. The van der Waals surface area contributed by atoms with E-state index in [4.69, 9.17) is 0 Å². The molecule has 0 bridgehead atoms.